The van der Waals surface area contributed by atoms with Gasteiger partial charge in [0.2, 0.25) is 5.91 Å². The summed E-state index contributed by atoms with van der Waals surface area (Å²) in [4.78, 5) is 11.3. The van der Waals surface area contributed by atoms with Crippen molar-refractivity contribution in [3.8, 4) is 0 Å². The number of unbranched alkanes of at least 4 members (excludes halogenated alkanes) is 6. The number of rotatable bonds is 11. The van der Waals surface area contributed by atoms with Gasteiger partial charge in [-0.1, -0.05) is 45.4 Å². The Labute approximate surface area is 139 Å². The predicted octanol–water partition coefficient (Wildman–Crippen LogP) is -0.865. The Kier molecular flexibility index (Phi) is 15.2. The van der Waals surface area contributed by atoms with Crippen molar-refractivity contribution in [2.24, 2.45) is 0 Å². The summed E-state index contributed by atoms with van der Waals surface area (Å²) in [5.74, 6) is -0.567. The fourth-order valence-electron chi connectivity index (χ4n) is 1.65. The third-order valence-electron chi connectivity index (χ3n) is 2.69. The summed E-state index contributed by atoms with van der Waals surface area (Å²) in [6.45, 7) is 2.16. The average molecular weight is 302 g/mol. The molecule has 0 atom stereocenters. The molecule has 0 aromatic rings. The first kappa shape index (κ1) is 21.7. The summed E-state index contributed by atoms with van der Waals surface area (Å²) in [6, 6.07) is 0. The summed E-state index contributed by atoms with van der Waals surface area (Å²) in [5.41, 5.74) is 0. The van der Waals surface area contributed by atoms with E-state index < -0.39 is 15.9 Å². The van der Waals surface area contributed by atoms with E-state index in [1.807, 2.05) is 0 Å². The van der Waals surface area contributed by atoms with Crippen LogP contribution >= 0.6 is 0 Å². The van der Waals surface area contributed by atoms with E-state index >= 15 is 0 Å². The third-order valence-corrected chi connectivity index (χ3v) is 3.41. The zero-order chi connectivity index (χ0) is 13.9. The van der Waals surface area contributed by atoms with Gasteiger partial charge in [0.1, 0.15) is 0 Å². The number of carbonyl (C=O) groups excluding carboxylic acids is 1. The molecule has 2 N–H and O–H groups in total. The number of nitrogens with one attached hydrogen (secondary N) is 1. The van der Waals surface area contributed by atoms with Crippen molar-refractivity contribution in [2.45, 2.75) is 58.3 Å². The molecular weight excluding hydrogens is 277 g/mol. The van der Waals surface area contributed by atoms with Gasteiger partial charge in [-0.3, -0.25) is 9.35 Å². The van der Waals surface area contributed by atoms with Crippen LogP contribution in [-0.4, -0.2) is 31.2 Å². The zero-order valence-electron chi connectivity index (χ0n) is 12.2. The average Bonchev–Trinajstić information content (AvgIpc) is 2.26. The van der Waals surface area contributed by atoms with E-state index in [1.165, 1.54) is 25.7 Å². The van der Waals surface area contributed by atoms with Gasteiger partial charge < -0.3 is 5.32 Å². The number of amides is 1. The molecule has 0 saturated heterocycles. The van der Waals surface area contributed by atoms with Gasteiger partial charge in [-0.05, 0) is 6.42 Å². The molecule has 0 heterocycles. The molecule has 0 unspecified atom stereocenters. The smallest absolute Gasteiger partial charge is 0.355 e. The minimum absolute atomic E-state index is 0. The van der Waals surface area contributed by atoms with Gasteiger partial charge in [0.25, 0.3) is 10.1 Å². The minimum Gasteiger partial charge on any atom is -0.355 e. The largest absolute Gasteiger partial charge is 1.00 e. The second kappa shape index (κ2) is 13.4. The molecule has 0 rings (SSSR count). The number of hydrogen-bond donors (Lipinski definition) is 2. The van der Waals surface area contributed by atoms with Crippen LogP contribution in [0.1, 0.15) is 58.3 Å². The van der Waals surface area contributed by atoms with Crippen molar-refractivity contribution in [2.75, 3.05) is 12.3 Å². The predicted molar refractivity (Wildman–Crippen MR) is 72.0 cm³/mol. The van der Waals surface area contributed by atoms with E-state index in [9.17, 15) is 13.2 Å². The number of hydrogen-bond acceptors (Lipinski definition) is 3. The van der Waals surface area contributed by atoms with E-state index in [-0.39, 0.29) is 42.0 Å². The Morgan fingerprint density at radius 3 is 2.11 bits per heavy atom. The molecule has 0 aliphatic heterocycles. The molecule has 0 aliphatic rings. The molecule has 19 heavy (non-hydrogen) atoms. The Bertz CT molecular complexity index is 320. The van der Waals surface area contributed by atoms with Crippen molar-refractivity contribution >= 4 is 16.0 Å². The standard InChI is InChI=1S/C12H25NO4S.Na/c1-2-3-4-5-6-7-8-9-12(14)13-10-11-18(15,16)17;/h2-11H2,1H3,(H,13,14)(H,15,16,17);/q;+1. The van der Waals surface area contributed by atoms with Crippen LogP contribution in [0.3, 0.4) is 0 Å². The Morgan fingerprint density at radius 2 is 1.58 bits per heavy atom. The molecule has 1 amide bonds. The normalized spacial score (nSPS) is 10.8. The molecule has 0 aromatic heterocycles. The molecule has 0 saturated carbocycles. The van der Waals surface area contributed by atoms with Gasteiger partial charge in [0, 0.05) is 13.0 Å². The maximum atomic E-state index is 11.3. The van der Waals surface area contributed by atoms with Crippen LogP contribution in [-0.2, 0) is 14.9 Å². The fourth-order valence-corrected chi connectivity index (χ4v) is 2.01. The first-order valence-corrected chi connectivity index (χ1v) is 8.28. The van der Waals surface area contributed by atoms with Gasteiger partial charge in [0.15, 0.2) is 0 Å². The maximum absolute atomic E-state index is 11.3. The monoisotopic (exact) mass is 302 g/mol. The van der Waals surface area contributed by atoms with Gasteiger partial charge >= 0.3 is 29.6 Å². The SMILES string of the molecule is CCCCCCCCCC(=O)NCCS(=O)(=O)O.[Na+]. The second-order valence-electron chi connectivity index (χ2n) is 4.51. The Balaban J connectivity index is 0. The van der Waals surface area contributed by atoms with Crippen molar-refractivity contribution in [3.05, 3.63) is 0 Å². The van der Waals surface area contributed by atoms with E-state index in [0.717, 1.165) is 19.3 Å². The van der Waals surface area contributed by atoms with Gasteiger partial charge in [-0.25, -0.2) is 0 Å². The van der Waals surface area contributed by atoms with Crippen LogP contribution in [0.15, 0.2) is 0 Å². The molecular formula is C12H25NNaO4S+. The number of carbonyl (C=O) groups is 1. The van der Waals surface area contributed by atoms with Crippen molar-refractivity contribution in [1.82, 2.24) is 5.32 Å². The molecule has 0 radical (unpaired) electrons. The first-order valence-electron chi connectivity index (χ1n) is 6.67. The van der Waals surface area contributed by atoms with Gasteiger partial charge in [-0.2, -0.15) is 8.42 Å². The second-order valence-corrected chi connectivity index (χ2v) is 6.08. The Hall–Kier alpha value is 0.380. The third kappa shape index (κ3) is 18.4. The summed E-state index contributed by atoms with van der Waals surface area (Å²) in [5, 5.41) is 2.47. The summed E-state index contributed by atoms with van der Waals surface area (Å²) >= 11 is 0. The van der Waals surface area contributed by atoms with Crippen molar-refractivity contribution < 1.29 is 47.3 Å². The van der Waals surface area contributed by atoms with Gasteiger partial charge in [0.05, 0.1) is 5.75 Å². The molecule has 0 bridgehead atoms. The molecule has 108 valence electrons. The van der Waals surface area contributed by atoms with Crippen molar-refractivity contribution in [3.63, 3.8) is 0 Å². The summed E-state index contributed by atoms with van der Waals surface area (Å²) < 4.78 is 29.3. The minimum atomic E-state index is -3.97. The topological polar surface area (TPSA) is 83.5 Å². The van der Waals surface area contributed by atoms with Gasteiger partial charge in [-0.15, -0.1) is 0 Å². The van der Waals surface area contributed by atoms with Crippen LogP contribution in [0.25, 0.3) is 0 Å². The molecule has 5 nitrogen and oxygen atoms in total. The fraction of sp³-hybridized carbons (Fsp3) is 0.917. The quantitative estimate of drug-likeness (QED) is 0.295. The van der Waals surface area contributed by atoms with Crippen LogP contribution in [0.5, 0.6) is 0 Å². The maximum Gasteiger partial charge on any atom is 1.00 e. The summed E-state index contributed by atoms with van der Waals surface area (Å²) in [7, 11) is -3.97. The molecule has 0 fully saturated rings. The van der Waals surface area contributed by atoms with E-state index in [2.05, 4.69) is 12.2 Å². The molecule has 0 spiro atoms. The molecule has 0 aliphatic carbocycles. The molecule has 7 heteroatoms. The Morgan fingerprint density at radius 1 is 1.05 bits per heavy atom. The van der Waals surface area contributed by atoms with E-state index in [1.54, 1.807) is 0 Å². The van der Waals surface area contributed by atoms with Crippen LogP contribution in [0.2, 0.25) is 0 Å². The van der Waals surface area contributed by atoms with Crippen LogP contribution in [0, 0.1) is 0 Å². The first-order chi connectivity index (χ1) is 8.45. The van der Waals surface area contributed by atoms with Crippen molar-refractivity contribution in [1.29, 1.82) is 0 Å². The van der Waals surface area contributed by atoms with E-state index in [4.69, 9.17) is 4.55 Å². The zero-order valence-corrected chi connectivity index (χ0v) is 15.0. The van der Waals surface area contributed by atoms with Crippen LogP contribution < -0.4 is 34.9 Å². The molecule has 0 aromatic carbocycles. The summed E-state index contributed by atoms with van der Waals surface area (Å²) in [6.07, 6.45) is 8.44. The van der Waals surface area contributed by atoms with Crippen LogP contribution in [0.4, 0.5) is 0 Å². The van der Waals surface area contributed by atoms with E-state index in [0.29, 0.717) is 6.42 Å².